The molecule has 0 aliphatic carbocycles. The molecule has 3 atom stereocenters. The van der Waals surface area contributed by atoms with Gasteiger partial charge in [-0.15, -0.1) is 0 Å². The summed E-state index contributed by atoms with van der Waals surface area (Å²) in [4.78, 5) is 27.0. The van der Waals surface area contributed by atoms with Crippen molar-refractivity contribution < 1.29 is 14.7 Å². The Bertz CT molecular complexity index is 350. The molecular formula is C12H20N2O3S. The molecule has 2 aliphatic rings. The predicted octanol–water partition coefficient (Wildman–Crippen LogP) is 1.20. The first-order valence-electron chi connectivity index (χ1n) is 6.36. The van der Waals surface area contributed by atoms with Gasteiger partial charge in [0.05, 0.1) is 5.92 Å². The molecule has 0 spiro atoms. The average molecular weight is 272 g/mol. The Balaban J connectivity index is 2.00. The van der Waals surface area contributed by atoms with E-state index in [1.807, 2.05) is 23.6 Å². The summed E-state index contributed by atoms with van der Waals surface area (Å²) in [5.74, 6) is 0.781. The standard InChI is InChI=1S/C12H20N2O3S/c1-8-5-13(6-10(8)11(15)16)12(17)14-3-4-18-7-9(14)2/h8-10H,3-7H2,1-2H3,(H,15,16). The fourth-order valence-electron chi connectivity index (χ4n) is 2.64. The van der Waals surface area contributed by atoms with E-state index in [1.165, 1.54) is 0 Å². The minimum Gasteiger partial charge on any atom is -0.481 e. The molecular weight excluding hydrogens is 252 g/mol. The molecule has 102 valence electrons. The first-order valence-corrected chi connectivity index (χ1v) is 7.52. The number of aliphatic carboxylic acids is 1. The zero-order chi connectivity index (χ0) is 13.3. The molecule has 2 rings (SSSR count). The van der Waals surface area contributed by atoms with Gasteiger partial charge < -0.3 is 14.9 Å². The van der Waals surface area contributed by atoms with Crippen LogP contribution in [0, 0.1) is 11.8 Å². The Kier molecular flexibility index (Phi) is 4.04. The molecule has 2 heterocycles. The Morgan fingerprint density at radius 1 is 1.28 bits per heavy atom. The Morgan fingerprint density at radius 3 is 2.56 bits per heavy atom. The number of hydrogen-bond acceptors (Lipinski definition) is 3. The molecule has 0 aromatic heterocycles. The number of carboxylic acids is 1. The molecule has 0 aromatic carbocycles. The van der Waals surface area contributed by atoms with E-state index >= 15 is 0 Å². The number of rotatable bonds is 1. The number of carboxylic acid groups (broad SMARTS) is 1. The van der Waals surface area contributed by atoms with Gasteiger partial charge in [-0.1, -0.05) is 6.92 Å². The molecule has 0 aromatic rings. The SMILES string of the molecule is CC1CN(C(=O)N2CCSCC2C)CC1C(=O)O. The topological polar surface area (TPSA) is 60.9 Å². The van der Waals surface area contributed by atoms with Crippen LogP contribution in [-0.2, 0) is 4.79 Å². The monoisotopic (exact) mass is 272 g/mol. The largest absolute Gasteiger partial charge is 0.481 e. The Hall–Kier alpha value is -0.910. The third kappa shape index (κ3) is 2.58. The summed E-state index contributed by atoms with van der Waals surface area (Å²) >= 11 is 1.87. The molecule has 0 radical (unpaired) electrons. The average Bonchev–Trinajstić information content (AvgIpc) is 2.71. The second-order valence-electron chi connectivity index (χ2n) is 5.23. The highest BCUT2D eigenvalue weighted by molar-refractivity contribution is 7.99. The highest BCUT2D eigenvalue weighted by Crippen LogP contribution is 2.26. The van der Waals surface area contributed by atoms with E-state index < -0.39 is 11.9 Å². The number of hydrogen-bond donors (Lipinski definition) is 1. The molecule has 0 bridgehead atoms. The van der Waals surface area contributed by atoms with Crippen molar-refractivity contribution in [2.45, 2.75) is 19.9 Å². The Morgan fingerprint density at radius 2 is 2.00 bits per heavy atom. The minimum atomic E-state index is -0.792. The molecule has 2 saturated heterocycles. The van der Waals surface area contributed by atoms with Gasteiger partial charge in [0.2, 0.25) is 0 Å². The van der Waals surface area contributed by atoms with Gasteiger partial charge >= 0.3 is 12.0 Å². The number of thioether (sulfide) groups is 1. The van der Waals surface area contributed by atoms with E-state index in [0.29, 0.717) is 13.1 Å². The second kappa shape index (κ2) is 5.38. The zero-order valence-corrected chi connectivity index (χ0v) is 11.7. The second-order valence-corrected chi connectivity index (χ2v) is 6.38. The lowest BCUT2D eigenvalue weighted by molar-refractivity contribution is -0.142. The number of likely N-dealkylation sites (tertiary alicyclic amines) is 1. The zero-order valence-electron chi connectivity index (χ0n) is 10.8. The van der Waals surface area contributed by atoms with Crippen molar-refractivity contribution in [3.05, 3.63) is 0 Å². The predicted molar refractivity (Wildman–Crippen MR) is 70.8 cm³/mol. The van der Waals surface area contributed by atoms with Crippen molar-refractivity contribution in [2.24, 2.45) is 11.8 Å². The van der Waals surface area contributed by atoms with Gasteiger partial charge in [-0.2, -0.15) is 11.8 Å². The summed E-state index contributed by atoms with van der Waals surface area (Å²) in [6, 6.07) is 0.258. The lowest BCUT2D eigenvalue weighted by atomic mass is 9.99. The number of amides is 2. The third-order valence-electron chi connectivity index (χ3n) is 3.81. The first-order chi connectivity index (χ1) is 8.50. The van der Waals surface area contributed by atoms with E-state index in [0.717, 1.165) is 18.1 Å². The maximum Gasteiger partial charge on any atom is 0.320 e. The fourth-order valence-corrected chi connectivity index (χ4v) is 3.65. The van der Waals surface area contributed by atoms with Crippen LogP contribution in [0.3, 0.4) is 0 Å². The maximum absolute atomic E-state index is 12.4. The van der Waals surface area contributed by atoms with Gasteiger partial charge in [0, 0.05) is 37.2 Å². The lowest BCUT2D eigenvalue weighted by Crippen LogP contribution is -2.50. The van der Waals surface area contributed by atoms with Crippen molar-refractivity contribution in [2.75, 3.05) is 31.1 Å². The van der Waals surface area contributed by atoms with Crippen molar-refractivity contribution in [1.29, 1.82) is 0 Å². The van der Waals surface area contributed by atoms with Gasteiger partial charge in [0.1, 0.15) is 0 Å². The summed E-state index contributed by atoms with van der Waals surface area (Å²) in [6.45, 7) is 5.64. The molecule has 5 nitrogen and oxygen atoms in total. The third-order valence-corrected chi connectivity index (χ3v) is 5.00. The molecule has 1 N–H and O–H groups in total. The van der Waals surface area contributed by atoms with E-state index in [-0.39, 0.29) is 18.0 Å². The number of carbonyl (C=O) groups is 2. The van der Waals surface area contributed by atoms with E-state index in [4.69, 9.17) is 5.11 Å². The van der Waals surface area contributed by atoms with E-state index in [1.54, 1.807) is 4.90 Å². The number of urea groups is 1. The minimum absolute atomic E-state index is 0.0124. The highest BCUT2D eigenvalue weighted by Gasteiger charge is 2.39. The summed E-state index contributed by atoms with van der Waals surface area (Å²) in [7, 11) is 0. The van der Waals surface area contributed by atoms with Crippen LogP contribution < -0.4 is 0 Å². The molecule has 18 heavy (non-hydrogen) atoms. The lowest BCUT2D eigenvalue weighted by Gasteiger charge is -2.36. The van der Waals surface area contributed by atoms with Crippen molar-refractivity contribution in [1.82, 2.24) is 9.80 Å². The summed E-state index contributed by atoms with van der Waals surface area (Å²) in [5, 5.41) is 9.09. The quantitative estimate of drug-likeness (QED) is 0.779. The van der Waals surface area contributed by atoms with Gasteiger partial charge in [0.15, 0.2) is 0 Å². The van der Waals surface area contributed by atoms with Crippen LogP contribution in [0.25, 0.3) is 0 Å². The van der Waals surface area contributed by atoms with Gasteiger partial charge in [-0.25, -0.2) is 4.79 Å². The smallest absolute Gasteiger partial charge is 0.320 e. The number of nitrogens with zero attached hydrogens (tertiary/aromatic N) is 2. The molecule has 6 heteroatoms. The van der Waals surface area contributed by atoms with Gasteiger partial charge in [-0.05, 0) is 12.8 Å². The van der Waals surface area contributed by atoms with Crippen LogP contribution in [0.15, 0.2) is 0 Å². The molecule has 2 fully saturated rings. The molecule has 0 saturated carbocycles. The van der Waals surface area contributed by atoms with Crippen LogP contribution in [0.4, 0.5) is 4.79 Å². The normalized spacial score (nSPS) is 32.7. The van der Waals surface area contributed by atoms with Crippen LogP contribution in [-0.4, -0.2) is 64.1 Å². The summed E-state index contributed by atoms with van der Waals surface area (Å²) in [5.41, 5.74) is 0. The summed E-state index contributed by atoms with van der Waals surface area (Å²) < 4.78 is 0. The Labute approximate surface area is 112 Å². The fraction of sp³-hybridized carbons (Fsp3) is 0.833. The molecule has 3 unspecified atom stereocenters. The highest BCUT2D eigenvalue weighted by atomic mass is 32.2. The molecule has 2 aliphatic heterocycles. The van der Waals surface area contributed by atoms with Crippen molar-refractivity contribution in [3.63, 3.8) is 0 Å². The first kappa shape index (κ1) is 13.5. The van der Waals surface area contributed by atoms with Gasteiger partial charge in [-0.3, -0.25) is 4.79 Å². The van der Waals surface area contributed by atoms with Crippen LogP contribution in [0.2, 0.25) is 0 Å². The summed E-state index contributed by atoms with van der Waals surface area (Å²) in [6.07, 6.45) is 0. The van der Waals surface area contributed by atoms with Crippen LogP contribution >= 0.6 is 11.8 Å². The maximum atomic E-state index is 12.4. The van der Waals surface area contributed by atoms with Gasteiger partial charge in [0.25, 0.3) is 0 Å². The van der Waals surface area contributed by atoms with Crippen molar-refractivity contribution >= 4 is 23.8 Å². The van der Waals surface area contributed by atoms with Crippen LogP contribution in [0.1, 0.15) is 13.8 Å². The van der Waals surface area contributed by atoms with E-state index in [2.05, 4.69) is 6.92 Å². The van der Waals surface area contributed by atoms with Crippen LogP contribution in [0.5, 0.6) is 0 Å². The number of carbonyl (C=O) groups excluding carboxylic acids is 1. The molecule has 2 amide bonds. The van der Waals surface area contributed by atoms with Crippen molar-refractivity contribution in [3.8, 4) is 0 Å². The van der Waals surface area contributed by atoms with E-state index in [9.17, 15) is 9.59 Å².